The molecule has 3 aromatic heterocycles. The molecule has 4 aromatic rings. The van der Waals surface area contributed by atoms with Gasteiger partial charge in [0, 0.05) is 10.9 Å². The number of para-hydroxylation sites is 1. The van der Waals surface area contributed by atoms with Crippen LogP contribution in [0.4, 0.5) is 0 Å². The molecule has 0 unspecified atom stereocenters. The van der Waals surface area contributed by atoms with Gasteiger partial charge in [0.05, 0.1) is 28.4 Å². The summed E-state index contributed by atoms with van der Waals surface area (Å²) < 4.78 is 0. The van der Waals surface area contributed by atoms with Crippen molar-refractivity contribution in [2.75, 3.05) is 0 Å². The minimum atomic E-state index is 0.744. The third-order valence-corrected chi connectivity index (χ3v) is 5.09. The minimum absolute atomic E-state index is 0.744. The van der Waals surface area contributed by atoms with Crippen LogP contribution in [0, 0.1) is 0 Å². The van der Waals surface area contributed by atoms with Gasteiger partial charge in [-0.25, -0.2) is 4.98 Å². The highest BCUT2D eigenvalue weighted by Crippen LogP contribution is 2.32. The van der Waals surface area contributed by atoms with Crippen LogP contribution in [0.3, 0.4) is 0 Å². The number of nitrogens with one attached hydrogen (secondary N) is 2. The summed E-state index contributed by atoms with van der Waals surface area (Å²) in [6, 6.07) is 8.24. The summed E-state index contributed by atoms with van der Waals surface area (Å²) in [4.78, 5) is 12.8. The predicted octanol–water partition coefficient (Wildman–Crippen LogP) is 6.63. The maximum atomic E-state index is 4.90. The molecule has 5 nitrogen and oxygen atoms in total. The second-order valence-corrected chi connectivity index (χ2v) is 7.13. The Morgan fingerprint density at radius 3 is 2.71 bits per heavy atom. The van der Waals surface area contributed by atoms with Gasteiger partial charge in [-0.05, 0) is 43.5 Å². The van der Waals surface area contributed by atoms with E-state index in [0.29, 0.717) is 0 Å². The highest BCUT2D eigenvalue weighted by Gasteiger charge is 2.16. The lowest BCUT2D eigenvalue weighted by Gasteiger charge is -2.01. The van der Waals surface area contributed by atoms with E-state index in [1.807, 2.05) is 38.1 Å². The molecule has 5 rings (SSSR count). The standard InChI is InChI=1S/C23H19N5.C3H6/c1-3-14(4-2)19-12-17-20(13-24-19)27-28-22(17)23-25-18-11-7-10-16(21(18)26-23)15-8-5-6-9-15;1-3-2/h3-5,7-13H,1,6H2,2H3,(H,25,26)(H,27,28);3H,1H2,2H3/b14-4+;. The molecule has 2 N–H and O–H groups in total. The molecule has 0 bridgehead atoms. The van der Waals surface area contributed by atoms with Gasteiger partial charge in [-0.1, -0.05) is 55.2 Å². The monoisotopic (exact) mass is 407 g/mol. The smallest absolute Gasteiger partial charge is 0.159 e. The van der Waals surface area contributed by atoms with Gasteiger partial charge in [0.1, 0.15) is 5.69 Å². The molecule has 5 heteroatoms. The van der Waals surface area contributed by atoms with Crippen molar-refractivity contribution in [1.82, 2.24) is 25.1 Å². The van der Waals surface area contributed by atoms with Crippen molar-refractivity contribution < 1.29 is 0 Å². The zero-order valence-corrected chi connectivity index (χ0v) is 17.8. The Kier molecular flexibility index (Phi) is 5.76. The van der Waals surface area contributed by atoms with E-state index in [0.717, 1.165) is 56.7 Å². The van der Waals surface area contributed by atoms with Crippen LogP contribution < -0.4 is 0 Å². The highest BCUT2D eigenvalue weighted by atomic mass is 15.1. The third kappa shape index (κ3) is 3.78. The van der Waals surface area contributed by atoms with Gasteiger partial charge in [-0.2, -0.15) is 5.10 Å². The van der Waals surface area contributed by atoms with Crippen molar-refractivity contribution >= 4 is 33.1 Å². The molecular formula is C26H25N5. The average Bonchev–Trinajstić information content (AvgIpc) is 3.53. The molecule has 0 radical (unpaired) electrons. The summed E-state index contributed by atoms with van der Waals surface area (Å²) in [5.41, 5.74) is 7.83. The number of fused-ring (bicyclic) bond motifs is 2. The number of H-pyrrole nitrogens is 2. The summed E-state index contributed by atoms with van der Waals surface area (Å²) >= 11 is 0. The number of allylic oxidation sites excluding steroid dienone is 8. The van der Waals surface area contributed by atoms with Gasteiger partial charge < -0.3 is 4.98 Å². The molecule has 0 saturated heterocycles. The lowest BCUT2D eigenvalue weighted by molar-refractivity contribution is 1.10. The van der Waals surface area contributed by atoms with Crippen molar-refractivity contribution in [2.45, 2.75) is 20.3 Å². The number of rotatable bonds is 4. The first-order valence-corrected chi connectivity index (χ1v) is 10.3. The van der Waals surface area contributed by atoms with Crippen molar-refractivity contribution in [3.8, 4) is 11.5 Å². The first-order chi connectivity index (χ1) is 15.2. The first kappa shape index (κ1) is 20.3. The summed E-state index contributed by atoms with van der Waals surface area (Å²) in [5, 5.41) is 8.55. The molecule has 0 saturated carbocycles. The lowest BCUT2D eigenvalue weighted by Crippen LogP contribution is -1.87. The molecule has 0 spiro atoms. The normalized spacial score (nSPS) is 13.2. The summed E-state index contributed by atoms with van der Waals surface area (Å²) in [7, 11) is 0. The fourth-order valence-electron chi connectivity index (χ4n) is 3.66. The topological polar surface area (TPSA) is 70.2 Å². The number of nitrogens with zero attached hydrogens (tertiary/aromatic N) is 3. The van der Waals surface area contributed by atoms with Gasteiger partial charge in [-0.3, -0.25) is 10.1 Å². The van der Waals surface area contributed by atoms with Crippen molar-refractivity contribution in [3.63, 3.8) is 0 Å². The minimum Gasteiger partial charge on any atom is -0.337 e. The number of benzene rings is 1. The Labute approximate surface area is 181 Å². The average molecular weight is 408 g/mol. The molecule has 154 valence electrons. The largest absolute Gasteiger partial charge is 0.337 e. The Morgan fingerprint density at radius 2 is 2.00 bits per heavy atom. The Morgan fingerprint density at radius 1 is 1.16 bits per heavy atom. The molecule has 0 aliphatic heterocycles. The Bertz CT molecular complexity index is 1360. The van der Waals surface area contributed by atoms with Crippen LogP contribution in [0.15, 0.2) is 80.1 Å². The van der Waals surface area contributed by atoms with E-state index in [9.17, 15) is 0 Å². The van der Waals surface area contributed by atoms with Gasteiger partial charge in [0.2, 0.25) is 0 Å². The van der Waals surface area contributed by atoms with E-state index in [1.165, 1.54) is 5.57 Å². The molecule has 1 aromatic carbocycles. The van der Waals surface area contributed by atoms with Gasteiger partial charge in [-0.15, -0.1) is 6.58 Å². The summed E-state index contributed by atoms with van der Waals surface area (Å²) in [6.07, 6.45) is 14.9. The summed E-state index contributed by atoms with van der Waals surface area (Å²) in [5.74, 6) is 0.744. The zero-order chi connectivity index (χ0) is 21.8. The number of aromatic amines is 2. The maximum absolute atomic E-state index is 4.90. The van der Waals surface area contributed by atoms with E-state index in [1.54, 1.807) is 12.3 Å². The number of imidazole rings is 1. The number of aromatic nitrogens is 5. The second-order valence-electron chi connectivity index (χ2n) is 7.13. The van der Waals surface area contributed by atoms with E-state index in [2.05, 4.69) is 63.7 Å². The van der Waals surface area contributed by atoms with Gasteiger partial charge >= 0.3 is 0 Å². The van der Waals surface area contributed by atoms with Crippen LogP contribution >= 0.6 is 0 Å². The number of hydrogen-bond acceptors (Lipinski definition) is 3. The predicted molar refractivity (Wildman–Crippen MR) is 130 cm³/mol. The highest BCUT2D eigenvalue weighted by molar-refractivity contribution is 5.97. The van der Waals surface area contributed by atoms with E-state index in [-0.39, 0.29) is 0 Å². The van der Waals surface area contributed by atoms with Gasteiger partial charge in [0.15, 0.2) is 5.82 Å². The van der Waals surface area contributed by atoms with Gasteiger partial charge in [0.25, 0.3) is 0 Å². The number of hydrogen-bond donors (Lipinski definition) is 2. The van der Waals surface area contributed by atoms with Crippen LogP contribution in [-0.4, -0.2) is 25.1 Å². The van der Waals surface area contributed by atoms with E-state index < -0.39 is 0 Å². The van der Waals surface area contributed by atoms with Crippen molar-refractivity contribution in [2.24, 2.45) is 0 Å². The van der Waals surface area contributed by atoms with Crippen LogP contribution in [0.25, 0.3) is 44.6 Å². The van der Waals surface area contributed by atoms with Crippen LogP contribution in [0.2, 0.25) is 0 Å². The van der Waals surface area contributed by atoms with Crippen LogP contribution in [0.5, 0.6) is 0 Å². The quantitative estimate of drug-likeness (QED) is 0.295. The van der Waals surface area contributed by atoms with Crippen molar-refractivity contribution in [3.05, 3.63) is 91.3 Å². The molecule has 0 fully saturated rings. The zero-order valence-electron chi connectivity index (χ0n) is 17.8. The van der Waals surface area contributed by atoms with Crippen molar-refractivity contribution in [1.29, 1.82) is 0 Å². The molecule has 1 aliphatic rings. The summed E-state index contributed by atoms with van der Waals surface area (Å²) in [6.45, 7) is 11.1. The first-order valence-electron chi connectivity index (χ1n) is 10.3. The maximum Gasteiger partial charge on any atom is 0.159 e. The molecule has 0 amide bonds. The molecular weight excluding hydrogens is 382 g/mol. The van der Waals surface area contributed by atoms with Crippen LogP contribution in [0.1, 0.15) is 31.5 Å². The second kappa shape index (κ2) is 8.79. The molecule has 0 atom stereocenters. The third-order valence-electron chi connectivity index (χ3n) is 5.09. The fourth-order valence-corrected chi connectivity index (χ4v) is 3.66. The van der Waals surface area contributed by atoms with E-state index >= 15 is 0 Å². The number of pyridine rings is 1. The molecule has 3 heterocycles. The molecule has 31 heavy (non-hydrogen) atoms. The SMILES string of the molecule is C=C/C(=C\C)c1cc2c(-c3nc4c(C5=CCC=C5)cccc4[nH]3)n[nH]c2cn1.C=CC. The van der Waals surface area contributed by atoms with E-state index in [4.69, 9.17) is 4.98 Å². The fraction of sp³-hybridized carbons (Fsp3) is 0.115. The Hall–Kier alpha value is -3.99. The molecule has 1 aliphatic carbocycles. The Balaban J connectivity index is 0.000000730. The van der Waals surface area contributed by atoms with Crippen LogP contribution in [-0.2, 0) is 0 Å². The lowest BCUT2D eigenvalue weighted by atomic mass is 10.1.